The van der Waals surface area contributed by atoms with Gasteiger partial charge in [-0.15, -0.1) is 0 Å². The minimum Gasteiger partial charge on any atom is -0.330 e. The Morgan fingerprint density at radius 1 is 1.40 bits per heavy atom. The van der Waals surface area contributed by atoms with Gasteiger partial charge in [0.1, 0.15) is 5.82 Å². The van der Waals surface area contributed by atoms with Crippen LogP contribution in [0, 0.1) is 10.6 Å². The van der Waals surface area contributed by atoms with Gasteiger partial charge < -0.3 is 9.55 Å². The van der Waals surface area contributed by atoms with E-state index in [1.54, 1.807) is 12.3 Å². The summed E-state index contributed by atoms with van der Waals surface area (Å²) in [4.78, 5) is 7.08. The Balaban J connectivity index is 1.97. The average molecular weight is 308 g/mol. The second-order valence-electron chi connectivity index (χ2n) is 4.48. The highest BCUT2D eigenvalue weighted by atomic mass is 35.5. The number of hydrogen-bond acceptors (Lipinski definition) is 2. The normalized spacial score (nSPS) is 11.1. The van der Waals surface area contributed by atoms with E-state index in [1.807, 2.05) is 22.9 Å². The summed E-state index contributed by atoms with van der Waals surface area (Å²) in [5.74, 6) is -0.449. The van der Waals surface area contributed by atoms with Gasteiger partial charge in [0.15, 0.2) is 4.77 Å². The van der Waals surface area contributed by atoms with Gasteiger partial charge in [-0.2, -0.15) is 0 Å². The van der Waals surface area contributed by atoms with Crippen LogP contribution in [0.2, 0.25) is 5.02 Å². The first-order valence-electron chi connectivity index (χ1n) is 6.11. The van der Waals surface area contributed by atoms with Crippen molar-refractivity contribution in [2.45, 2.75) is 13.0 Å². The Kier molecular flexibility index (Phi) is 3.54. The van der Waals surface area contributed by atoms with Crippen LogP contribution in [-0.2, 0) is 13.0 Å². The number of aryl methyl sites for hydroxylation is 2. The van der Waals surface area contributed by atoms with E-state index in [0.717, 1.165) is 17.5 Å². The molecule has 0 fully saturated rings. The maximum Gasteiger partial charge on any atom is 0.178 e. The van der Waals surface area contributed by atoms with Crippen LogP contribution in [0.4, 0.5) is 4.39 Å². The minimum atomic E-state index is -0.449. The molecule has 1 N–H and O–H groups in total. The summed E-state index contributed by atoms with van der Waals surface area (Å²) in [5.41, 5.74) is 2.59. The molecule has 6 heteroatoms. The van der Waals surface area contributed by atoms with Crippen LogP contribution in [0.1, 0.15) is 5.56 Å². The molecule has 102 valence electrons. The molecule has 0 amide bonds. The lowest BCUT2D eigenvalue weighted by molar-refractivity contribution is 0.629. The summed E-state index contributed by atoms with van der Waals surface area (Å²) in [5, 5.41) is 0.0987. The van der Waals surface area contributed by atoms with Gasteiger partial charge in [-0.3, -0.25) is 4.98 Å². The van der Waals surface area contributed by atoms with Gasteiger partial charge >= 0.3 is 0 Å². The molecule has 0 saturated heterocycles. The second-order valence-corrected chi connectivity index (χ2v) is 5.27. The van der Waals surface area contributed by atoms with Crippen molar-refractivity contribution in [2.24, 2.45) is 0 Å². The van der Waals surface area contributed by atoms with E-state index in [1.165, 1.54) is 6.07 Å². The standard InChI is InChI=1S/C14H11ClFN3S/c15-10-6-13-12(7-11(10)16)18-14(20)19(13)5-3-9-2-1-4-17-8-9/h1-2,4,6-8H,3,5H2,(H,18,20). The second kappa shape index (κ2) is 5.34. The molecular weight excluding hydrogens is 297 g/mol. The average Bonchev–Trinajstić information content (AvgIpc) is 2.73. The van der Waals surface area contributed by atoms with Crippen molar-refractivity contribution in [1.82, 2.24) is 14.5 Å². The predicted octanol–water partition coefficient (Wildman–Crippen LogP) is 4.13. The zero-order valence-corrected chi connectivity index (χ0v) is 12.0. The molecule has 0 aliphatic rings. The highest BCUT2D eigenvalue weighted by Gasteiger charge is 2.09. The molecule has 0 aliphatic heterocycles. The Labute approximate surface area is 125 Å². The van der Waals surface area contributed by atoms with Gasteiger partial charge in [-0.25, -0.2) is 4.39 Å². The lowest BCUT2D eigenvalue weighted by Crippen LogP contribution is -2.01. The van der Waals surface area contributed by atoms with Gasteiger partial charge in [0.2, 0.25) is 0 Å². The number of H-pyrrole nitrogens is 1. The monoisotopic (exact) mass is 307 g/mol. The maximum absolute atomic E-state index is 13.4. The van der Waals surface area contributed by atoms with Crippen LogP contribution in [0.3, 0.4) is 0 Å². The van der Waals surface area contributed by atoms with Crippen LogP contribution in [0.25, 0.3) is 11.0 Å². The maximum atomic E-state index is 13.4. The molecule has 2 heterocycles. The van der Waals surface area contributed by atoms with Crippen molar-refractivity contribution in [1.29, 1.82) is 0 Å². The quantitative estimate of drug-likeness (QED) is 0.738. The van der Waals surface area contributed by atoms with E-state index in [0.29, 0.717) is 16.8 Å². The predicted molar refractivity (Wildman–Crippen MR) is 80.0 cm³/mol. The Morgan fingerprint density at radius 3 is 3.00 bits per heavy atom. The molecule has 0 bridgehead atoms. The van der Waals surface area contributed by atoms with Crippen molar-refractivity contribution < 1.29 is 4.39 Å². The topological polar surface area (TPSA) is 33.6 Å². The van der Waals surface area contributed by atoms with Crippen LogP contribution in [0.15, 0.2) is 36.7 Å². The van der Waals surface area contributed by atoms with Crippen molar-refractivity contribution >= 4 is 34.9 Å². The molecule has 3 rings (SSSR count). The van der Waals surface area contributed by atoms with Crippen LogP contribution in [0.5, 0.6) is 0 Å². The van der Waals surface area contributed by atoms with E-state index in [-0.39, 0.29) is 5.02 Å². The number of aromatic nitrogens is 3. The number of imidazole rings is 1. The third-order valence-electron chi connectivity index (χ3n) is 3.16. The van der Waals surface area contributed by atoms with Gasteiger partial charge in [0, 0.05) is 25.0 Å². The number of nitrogens with one attached hydrogen (secondary N) is 1. The van der Waals surface area contributed by atoms with E-state index < -0.39 is 5.82 Å². The minimum absolute atomic E-state index is 0.0987. The van der Waals surface area contributed by atoms with E-state index in [4.69, 9.17) is 23.8 Å². The van der Waals surface area contributed by atoms with Gasteiger partial charge in [-0.1, -0.05) is 17.7 Å². The summed E-state index contributed by atoms with van der Waals surface area (Å²) in [7, 11) is 0. The smallest absolute Gasteiger partial charge is 0.178 e. The molecule has 20 heavy (non-hydrogen) atoms. The number of rotatable bonds is 3. The third kappa shape index (κ3) is 2.46. The molecule has 3 nitrogen and oxygen atoms in total. The summed E-state index contributed by atoms with van der Waals surface area (Å²) in [6.07, 6.45) is 4.36. The molecule has 0 saturated carbocycles. The molecule has 0 radical (unpaired) electrons. The summed E-state index contributed by atoms with van der Waals surface area (Å²) < 4.78 is 15.9. The Bertz CT molecular complexity index is 810. The fourth-order valence-corrected chi connectivity index (χ4v) is 2.62. The third-order valence-corrected chi connectivity index (χ3v) is 3.78. The summed E-state index contributed by atoms with van der Waals surface area (Å²) in [6, 6.07) is 6.88. The van der Waals surface area contributed by atoms with E-state index in [9.17, 15) is 4.39 Å². The highest BCUT2D eigenvalue weighted by Crippen LogP contribution is 2.23. The molecule has 3 aromatic rings. The molecule has 0 atom stereocenters. The zero-order chi connectivity index (χ0) is 14.1. The summed E-state index contributed by atoms with van der Waals surface area (Å²) in [6.45, 7) is 0.687. The molecule has 1 aromatic carbocycles. The van der Waals surface area contributed by atoms with Crippen molar-refractivity contribution in [2.75, 3.05) is 0 Å². The molecule has 0 aliphatic carbocycles. The number of fused-ring (bicyclic) bond motifs is 1. The fourth-order valence-electron chi connectivity index (χ4n) is 2.16. The first-order chi connectivity index (χ1) is 9.65. The Morgan fingerprint density at radius 2 is 2.25 bits per heavy atom. The van der Waals surface area contributed by atoms with Crippen molar-refractivity contribution in [3.63, 3.8) is 0 Å². The number of halogens is 2. The van der Waals surface area contributed by atoms with Gasteiger partial charge in [-0.05, 0) is 36.3 Å². The van der Waals surface area contributed by atoms with Crippen LogP contribution < -0.4 is 0 Å². The van der Waals surface area contributed by atoms with Crippen LogP contribution in [-0.4, -0.2) is 14.5 Å². The highest BCUT2D eigenvalue weighted by molar-refractivity contribution is 7.71. The number of nitrogens with zero attached hydrogens (tertiary/aromatic N) is 2. The first kappa shape index (κ1) is 13.3. The van der Waals surface area contributed by atoms with Gasteiger partial charge in [0.25, 0.3) is 0 Å². The van der Waals surface area contributed by atoms with Gasteiger partial charge in [0.05, 0.1) is 16.1 Å². The largest absolute Gasteiger partial charge is 0.330 e. The molecule has 2 aromatic heterocycles. The van der Waals surface area contributed by atoms with E-state index >= 15 is 0 Å². The fraction of sp³-hybridized carbons (Fsp3) is 0.143. The Hall–Kier alpha value is -1.72. The number of pyridine rings is 1. The zero-order valence-electron chi connectivity index (χ0n) is 10.4. The lowest BCUT2D eigenvalue weighted by Gasteiger charge is -2.05. The SMILES string of the molecule is Fc1cc2[nH]c(=S)n(CCc3cccnc3)c2cc1Cl. The number of aromatic amines is 1. The molecule has 0 spiro atoms. The number of hydrogen-bond donors (Lipinski definition) is 1. The van der Waals surface area contributed by atoms with Crippen molar-refractivity contribution in [3.05, 3.63) is 57.8 Å². The van der Waals surface area contributed by atoms with Crippen molar-refractivity contribution in [3.8, 4) is 0 Å². The van der Waals surface area contributed by atoms with E-state index in [2.05, 4.69) is 9.97 Å². The first-order valence-corrected chi connectivity index (χ1v) is 6.90. The molecule has 0 unspecified atom stereocenters. The lowest BCUT2D eigenvalue weighted by atomic mass is 10.2. The van der Waals surface area contributed by atoms with Crippen LogP contribution >= 0.6 is 23.8 Å². The summed E-state index contributed by atoms with van der Waals surface area (Å²) >= 11 is 11.1. The number of benzene rings is 1. The molecular formula is C14H11ClFN3S.